The van der Waals surface area contributed by atoms with E-state index in [1.54, 1.807) is 18.3 Å². The van der Waals surface area contributed by atoms with Gasteiger partial charge in [0.2, 0.25) is 10.0 Å². The van der Waals surface area contributed by atoms with E-state index < -0.39 is 10.0 Å². The summed E-state index contributed by atoms with van der Waals surface area (Å²) >= 11 is 1.52. The highest BCUT2D eigenvalue weighted by Gasteiger charge is 2.09. The molecule has 0 radical (unpaired) electrons. The zero-order chi connectivity index (χ0) is 13.0. The summed E-state index contributed by atoms with van der Waals surface area (Å²) in [7, 11) is -3.24. The second kappa shape index (κ2) is 5.49. The summed E-state index contributed by atoms with van der Waals surface area (Å²) in [6, 6.07) is 7.27. The number of sulfonamides is 1. The molecule has 1 N–H and O–H groups in total. The van der Waals surface area contributed by atoms with Crippen LogP contribution in [-0.2, 0) is 10.0 Å². The largest absolute Gasteiger partial charge is 0.284 e. The van der Waals surface area contributed by atoms with Gasteiger partial charge in [-0.25, -0.2) is 13.4 Å². The molecule has 0 atom stereocenters. The highest BCUT2D eigenvalue weighted by atomic mass is 32.2. The predicted octanol–water partition coefficient (Wildman–Crippen LogP) is 2.96. The Labute approximate surface area is 111 Å². The summed E-state index contributed by atoms with van der Waals surface area (Å²) in [4.78, 5) is 4.20. The van der Waals surface area contributed by atoms with Gasteiger partial charge in [0.25, 0.3) is 0 Å². The minimum atomic E-state index is -3.24. The molecule has 2 aromatic rings. The maximum Gasteiger partial charge on any atom is 0.232 e. The fourth-order valence-electron chi connectivity index (χ4n) is 1.58. The van der Waals surface area contributed by atoms with E-state index in [1.165, 1.54) is 11.3 Å². The lowest BCUT2D eigenvalue weighted by Gasteiger charge is -2.07. The van der Waals surface area contributed by atoms with Crippen LogP contribution >= 0.6 is 11.3 Å². The van der Waals surface area contributed by atoms with E-state index in [0.29, 0.717) is 12.1 Å². The molecule has 0 unspecified atom stereocenters. The van der Waals surface area contributed by atoms with Crippen LogP contribution in [0.2, 0.25) is 0 Å². The van der Waals surface area contributed by atoms with Crippen LogP contribution in [0, 0.1) is 0 Å². The number of benzene rings is 1. The molecule has 1 aromatic carbocycles. The second-order valence-electron chi connectivity index (χ2n) is 3.84. The summed E-state index contributed by atoms with van der Waals surface area (Å²) in [6.07, 6.45) is 2.33. The summed E-state index contributed by atoms with van der Waals surface area (Å²) < 4.78 is 25.9. The van der Waals surface area contributed by atoms with Gasteiger partial charge in [-0.3, -0.25) is 4.72 Å². The molecule has 96 valence electrons. The maximum atomic E-state index is 11.7. The second-order valence-corrected chi connectivity index (χ2v) is 6.58. The number of aromatic nitrogens is 1. The lowest BCUT2D eigenvalue weighted by Crippen LogP contribution is -2.15. The van der Waals surface area contributed by atoms with Crippen LogP contribution in [0.1, 0.15) is 13.3 Å². The number of hydrogen-bond acceptors (Lipinski definition) is 4. The Kier molecular flexibility index (Phi) is 3.98. The normalized spacial score (nSPS) is 11.4. The fourth-order valence-corrected chi connectivity index (χ4v) is 3.34. The molecular formula is C12H14N2O2S2. The summed E-state index contributed by atoms with van der Waals surface area (Å²) in [5.74, 6) is 0.133. The van der Waals surface area contributed by atoms with Crippen LogP contribution < -0.4 is 4.72 Å². The minimum Gasteiger partial charge on any atom is -0.284 e. The van der Waals surface area contributed by atoms with Crippen molar-refractivity contribution >= 4 is 27.0 Å². The van der Waals surface area contributed by atoms with Gasteiger partial charge in [-0.15, -0.1) is 11.3 Å². The topological polar surface area (TPSA) is 59.1 Å². The van der Waals surface area contributed by atoms with Gasteiger partial charge >= 0.3 is 0 Å². The molecule has 0 fully saturated rings. The third-order valence-corrected chi connectivity index (χ3v) is 4.60. The van der Waals surface area contributed by atoms with Crippen molar-refractivity contribution in [2.75, 3.05) is 10.5 Å². The van der Waals surface area contributed by atoms with E-state index in [9.17, 15) is 8.42 Å². The zero-order valence-electron chi connectivity index (χ0n) is 9.96. The van der Waals surface area contributed by atoms with Crippen molar-refractivity contribution in [3.05, 3.63) is 35.8 Å². The van der Waals surface area contributed by atoms with Gasteiger partial charge in [-0.05, 0) is 18.6 Å². The number of hydrogen-bond donors (Lipinski definition) is 1. The van der Waals surface area contributed by atoms with E-state index in [-0.39, 0.29) is 5.75 Å². The van der Waals surface area contributed by atoms with E-state index in [0.717, 1.165) is 10.6 Å². The van der Waals surface area contributed by atoms with Gasteiger partial charge in [0, 0.05) is 22.8 Å². The fraction of sp³-hybridized carbons (Fsp3) is 0.250. The Hall–Kier alpha value is -1.40. The van der Waals surface area contributed by atoms with E-state index >= 15 is 0 Å². The molecule has 4 nitrogen and oxygen atoms in total. The van der Waals surface area contributed by atoms with E-state index in [1.807, 2.05) is 24.4 Å². The van der Waals surface area contributed by atoms with Crippen molar-refractivity contribution in [3.63, 3.8) is 0 Å². The molecule has 0 aliphatic heterocycles. The molecule has 18 heavy (non-hydrogen) atoms. The molecule has 6 heteroatoms. The van der Waals surface area contributed by atoms with Gasteiger partial charge < -0.3 is 0 Å². The maximum absolute atomic E-state index is 11.7. The van der Waals surface area contributed by atoms with Crippen LogP contribution in [0.4, 0.5) is 5.69 Å². The molecule has 0 bridgehead atoms. The molecule has 0 saturated heterocycles. The van der Waals surface area contributed by atoms with Crippen molar-refractivity contribution in [3.8, 4) is 10.6 Å². The first-order valence-corrected chi connectivity index (χ1v) is 8.14. The average Bonchev–Trinajstić information content (AvgIpc) is 2.81. The Bertz CT molecular complexity index is 607. The average molecular weight is 282 g/mol. The van der Waals surface area contributed by atoms with Gasteiger partial charge in [-0.1, -0.05) is 19.1 Å². The number of rotatable bonds is 5. The van der Waals surface area contributed by atoms with E-state index in [4.69, 9.17) is 0 Å². The zero-order valence-corrected chi connectivity index (χ0v) is 11.6. The first-order valence-electron chi connectivity index (χ1n) is 5.61. The summed E-state index contributed by atoms with van der Waals surface area (Å²) in [6.45, 7) is 1.84. The lowest BCUT2D eigenvalue weighted by atomic mass is 10.2. The van der Waals surface area contributed by atoms with Crippen molar-refractivity contribution in [2.24, 2.45) is 0 Å². The van der Waals surface area contributed by atoms with Crippen LogP contribution in [0.5, 0.6) is 0 Å². The standard InChI is InChI=1S/C12H14N2O2S2/c1-2-8-18(15,16)14-11-5-3-4-10(9-11)12-13-6-7-17-12/h3-7,9,14H,2,8H2,1H3. The molecule has 0 aliphatic carbocycles. The number of anilines is 1. The summed E-state index contributed by atoms with van der Waals surface area (Å²) in [5.41, 5.74) is 1.50. The number of thiazole rings is 1. The highest BCUT2D eigenvalue weighted by Crippen LogP contribution is 2.24. The number of nitrogens with one attached hydrogen (secondary N) is 1. The van der Waals surface area contributed by atoms with E-state index in [2.05, 4.69) is 9.71 Å². The van der Waals surface area contributed by atoms with Crippen LogP contribution in [0.15, 0.2) is 35.8 Å². The van der Waals surface area contributed by atoms with Crippen LogP contribution in [0.3, 0.4) is 0 Å². The molecule has 0 saturated carbocycles. The van der Waals surface area contributed by atoms with Crippen molar-refractivity contribution in [2.45, 2.75) is 13.3 Å². The Balaban J connectivity index is 2.23. The van der Waals surface area contributed by atoms with Gasteiger partial charge in [0.1, 0.15) is 5.01 Å². The van der Waals surface area contributed by atoms with Crippen LogP contribution in [0.25, 0.3) is 10.6 Å². The SMILES string of the molecule is CCCS(=O)(=O)Nc1cccc(-c2nccs2)c1. The Morgan fingerprint density at radius 3 is 2.89 bits per heavy atom. The molecule has 1 aromatic heterocycles. The first-order chi connectivity index (χ1) is 8.61. The third-order valence-electron chi connectivity index (χ3n) is 2.29. The van der Waals surface area contributed by atoms with Gasteiger partial charge in [-0.2, -0.15) is 0 Å². The molecule has 0 spiro atoms. The Morgan fingerprint density at radius 1 is 1.39 bits per heavy atom. The molecular weight excluding hydrogens is 268 g/mol. The van der Waals surface area contributed by atoms with Gasteiger partial charge in [0.05, 0.1) is 5.75 Å². The van der Waals surface area contributed by atoms with Crippen molar-refractivity contribution < 1.29 is 8.42 Å². The minimum absolute atomic E-state index is 0.133. The molecule has 0 amide bonds. The molecule has 0 aliphatic rings. The summed E-state index contributed by atoms with van der Waals surface area (Å²) in [5, 5.41) is 2.77. The quantitative estimate of drug-likeness (QED) is 0.917. The smallest absolute Gasteiger partial charge is 0.232 e. The number of nitrogens with zero attached hydrogens (tertiary/aromatic N) is 1. The van der Waals surface area contributed by atoms with Gasteiger partial charge in [0.15, 0.2) is 0 Å². The lowest BCUT2D eigenvalue weighted by molar-refractivity contribution is 0.600. The van der Waals surface area contributed by atoms with Crippen LogP contribution in [-0.4, -0.2) is 19.2 Å². The first kappa shape index (κ1) is 13.0. The van der Waals surface area contributed by atoms with Crippen molar-refractivity contribution in [1.29, 1.82) is 0 Å². The van der Waals surface area contributed by atoms with Crippen molar-refractivity contribution in [1.82, 2.24) is 4.98 Å². The highest BCUT2D eigenvalue weighted by molar-refractivity contribution is 7.92. The molecule has 1 heterocycles. The Morgan fingerprint density at radius 2 is 2.22 bits per heavy atom. The molecule has 2 rings (SSSR count). The predicted molar refractivity (Wildman–Crippen MR) is 75.3 cm³/mol. The monoisotopic (exact) mass is 282 g/mol. The third kappa shape index (κ3) is 3.30.